The highest BCUT2D eigenvalue weighted by Gasteiger charge is 2.38. The number of carbonyl (C=O) groups is 1. The predicted molar refractivity (Wildman–Crippen MR) is 79.9 cm³/mol. The van der Waals surface area contributed by atoms with Crippen molar-refractivity contribution in [2.75, 3.05) is 20.1 Å². The lowest BCUT2D eigenvalue weighted by atomic mass is 10.1. The molecule has 0 radical (unpaired) electrons. The molecule has 112 valence electrons. The van der Waals surface area contributed by atoms with E-state index in [2.05, 4.69) is 51.9 Å². The van der Waals surface area contributed by atoms with Crippen LogP contribution in [-0.4, -0.2) is 54.1 Å². The van der Waals surface area contributed by atoms with Crippen LogP contribution in [0.5, 0.6) is 0 Å². The fourth-order valence-corrected chi connectivity index (χ4v) is 2.55. The number of nitrogens with zero attached hydrogens (tertiary/aromatic N) is 2. The van der Waals surface area contributed by atoms with Gasteiger partial charge in [-0.1, -0.05) is 20.8 Å². The summed E-state index contributed by atoms with van der Waals surface area (Å²) < 4.78 is 0. The van der Waals surface area contributed by atoms with E-state index in [1.807, 2.05) is 4.90 Å². The van der Waals surface area contributed by atoms with Crippen LogP contribution in [0.15, 0.2) is 0 Å². The second-order valence-corrected chi connectivity index (χ2v) is 6.28. The maximum atomic E-state index is 12.3. The second-order valence-electron chi connectivity index (χ2n) is 6.28. The molecule has 2 unspecified atom stereocenters. The first kappa shape index (κ1) is 16.4. The third kappa shape index (κ3) is 4.18. The molecule has 0 aliphatic carbocycles. The smallest absolute Gasteiger partial charge is 0.241 e. The van der Waals surface area contributed by atoms with E-state index in [-0.39, 0.29) is 18.1 Å². The van der Waals surface area contributed by atoms with Gasteiger partial charge in [0.1, 0.15) is 0 Å². The molecule has 4 heteroatoms. The lowest BCUT2D eigenvalue weighted by Gasteiger charge is -2.28. The molecule has 1 saturated heterocycles. The maximum Gasteiger partial charge on any atom is 0.241 e. The summed E-state index contributed by atoms with van der Waals surface area (Å²) in [6.07, 6.45) is 2.13. The zero-order chi connectivity index (χ0) is 14.6. The summed E-state index contributed by atoms with van der Waals surface area (Å²) in [6.45, 7) is 12.7. The molecule has 0 saturated carbocycles. The summed E-state index contributed by atoms with van der Waals surface area (Å²) in [6, 6.07) is 0.590. The van der Waals surface area contributed by atoms with E-state index in [4.69, 9.17) is 0 Å². The van der Waals surface area contributed by atoms with Crippen LogP contribution in [0.25, 0.3) is 0 Å². The van der Waals surface area contributed by atoms with Crippen molar-refractivity contribution in [2.24, 2.45) is 5.92 Å². The van der Waals surface area contributed by atoms with E-state index < -0.39 is 0 Å². The van der Waals surface area contributed by atoms with Crippen molar-refractivity contribution in [3.05, 3.63) is 0 Å². The molecule has 2 atom stereocenters. The molecule has 19 heavy (non-hydrogen) atoms. The highest BCUT2D eigenvalue weighted by molar-refractivity contribution is 5.84. The minimum absolute atomic E-state index is 0.0234. The summed E-state index contributed by atoms with van der Waals surface area (Å²) in [5.74, 6) is 0.747. The summed E-state index contributed by atoms with van der Waals surface area (Å²) in [7, 11) is 2.14. The number of nitrogens with one attached hydrogen (secondary N) is 1. The molecular formula is C15H31N3O. The highest BCUT2D eigenvalue weighted by Crippen LogP contribution is 2.19. The van der Waals surface area contributed by atoms with Crippen molar-refractivity contribution < 1.29 is 4.79 Å². The van der Waals surface area contributed by atoms with Gasteiger partial charge < -0.3 is 9.80 Å². The first-order chi connectivity index (χ1) is 8.88. The third-order valence-corrected chi connectivity index (χ3v) is 4.12. The van der Waals surface area contributed by atoms with Crippen LogP contribution in [0, 0.1) is 5.92 Å². The Bertz CT molecular complexity index is 291. The highest BCUT2D eigenvalue weighted by atomic mass is 16.2. The van der Waals surface area contributed by atoms with E-state index >= 15 is 0 Å². The molecule has 0 spiro atoms. The molecule has 1 rings (SSSR count). The Morgan fingerprint density at radius 3 is 2.42 bits per heavy atom. The molecule has 1 heterocycles. The van der Waals surface area contributed by atoms with Gasteiger partial charge in [0.15, 0.2) is 0 Å². The van der Waals surface area contributed by atoms with Gasteiger partial charge in [0, 0.05) is 12.6 Å². The first-order valence-corrected chi connectivity index (χ1v) is 7.65. The zero-order valence-electron chi connectivity index (χ0n) is 13.4. The van der Waals surface area contributed by atoms with E-state index in [1.54, 1.807) is 0 Å². The third-order valence-electron chi connectivity index (χ3n) is 4.12. The van der Waals surface area contributed by atoms with Gasteiger partial charge in [-0.2, -0.15) is 0 Å². The van der Waals surface area contributed by atoms with Crippen molar-refractivity contribution in [1.29, 1.82) is 0 Å². The lowest BCUT2D eigenvalue weighted by molar-refractivity contribution is -0.130. The van der Waals surface area contributed by atoms with Crippen LogP contribution in [0.1, 0.15) is 47.5 Å². The zero-order valence-corrected chi connectivity index (χ0v) is 13.4. The average molecular weight is 269 g/mol. The predicted octanol–water partition coefficient (Wildman–Crippen LogP) is 1.91. The van der Waals surface area contributed by atoms with Gasteiger partial charge in [-0.25, -0.2) is 0 Å². The van der Waals surface area contributed by atoms with Gasteiger partial charge >= 0.3 is 0 Å². The molecule has 1 aliphatic rings. The molecule has 1 aliphatic heterocycles. The summed E-state index contributed by atoms with van der Waals surface area (Å²) in [5.41, 5.74) is 0. The molecule has 1 N–H and O–H groups in total. The number of hydrogen-bond donors (Lipinski definition) is 1. The van der Waals surface area contributed by atoms with Gasteiger partial charge in [-0.3, -0.25) is 10.1 Å². The molecule has 4 nitrogen and oxygen atoms in total. The molecular weight excluding hydrogens is 238 g/mol. The van der Waals surface area contributed by atoms with Gasteiger partial charge in [0.2, 0.25) is 5.91 Å². The molecule has 1 amide bonds. The maximum absolute atomic E-state index is 12.3. The summed E-state index contributed by atoms with van der Waals surface area (Å²) in [5, 5.41) is 3.46. The molecule has 0 aromatic heterocycles. The lowest BCUT2D eigenvalue weighted by Crippen LogP contribution is -2.42. The fraction of sp³-hybridized carbons (Fsp3) is 0.933. The van der Waals surface area contributed by atoms with Crippen LogP contribution in [0.4, 0.5) is 0 Å². The van der Waals surface area contributed by atoms with Gasteiger partial charge in [0.05, 0.1) is 12.2 Å². The monoisotopic (exact) mass is 269 g/mol. The first-order valence-electron chi connectivity index (χ1n) is 7.65. The van der Waals surface area contributed by atoms with E-state index in [0.717, 1.165) is 25.9 Å². The quantitative estimate of drug-likeness (QED) is 0.767. The molecule has 1 fully saturated rings. The van der Waals surface area contributed by atoms with Crippen LogP contribution >= 0.6 is 0 Å². The summed E-state index contributed by atoms with van der Waals surface area (Å²) in [4.78, 5) is 16.7. The molecule has 0 aromatic carbocycles. The Balaban J connectivity index is 2.51. The van der Waals surface area contributed by atoms with Gasteiger partial charge in [-0.05, 0) is 46.2 Å². The van der Waals surface area contributed by atoms with Gasteiger partial charge in [0.25, 0.3) is 0 Å². The molecule has 0 aromatic rings. The van der Waals surface area contributed by atoms with Crippen LogP contribution < -0.4 is 5.32 Å². The minimum atomic E-state index is 0.0234. The Kier molecular flexibility index (Phi) is 6.27. The van der Waals surface area contributed by atoms with Crippen molar-refractivity contribution in [3.8, 4) is 0 Å². The van der Waals surface area contributed by atoms with E-state index in [9.17, 15) is 4.79 Å². The fourth-order valence-electron chi connectivity index (χ4n) is 2.55. The number of hydrogen-bond acceptors (Lipinski definition) is 3. The van der Waals surface area contributed by atoms with Crippen molar-refractivity contribution in [1.82, 2.24) is 15.1 Å². The second kappa shape index (κ2) is 7.25. The largest absolute Gasteiger partial charge is 0.325 e. The standard InChI is InChI=1S/C15H31N3O/c1-7-13-15(19)18(14(16-13)11(2)3)10-8-9-17(6)12(4)5/h11-14,16H,7-10H2,1-6H3. The molecule has 0 bridgehead atoms. The van der Waals surface area contributed by atoms with Crippen molar-refractivity contribution in [2.45, 2.75) is 65.7 Å². The minimum Gasteiger partial charge on any atom is -0.325 e. The van der Waals surface area contributed by atoms with E-state index in [1.165, 1.54) is 0 Å². The Labute approximate surface area is 118 Å². The number of rotatable bonds is 7. The Morgan fingerprint density at radius 1 is 1.32 bits per heavy atom. The van der Waals surface area contributed by atoms with Crippen LogP contribution in [-0.2, 0) is 4.79 Å². The van der Waals surface area contributed by atoms with Crippen molar-refractivity contribution >= 4 is 5.91 Å². The Hall–Kier alpha value is -0.610. The van der Waals surface area contributed by atoms with Gasteiger partial charge in [-0.15, -0.1) is 0 Å². The number of carbonyl (C=O) groups excluding carboxylic acids is 1. The average Bonchev–Trinajstić information content (AvgIpc) is 2.66. The summed E-state index contributed by atoms with van der Waals surface area (Å²) >= 11 is 0. The van der Waals surface area contributed by atoms with E-state index in [0.29, 0.717) is 12.0 Å². The van der Waals surface area contributed by atoms with Crippen molar-refractivity contribution in [3.63, 3.8) is 0 Å². The van der Waals surface area contributed by atoms with Crippen LogP contribution in [0.3, 0.4) is 0 Å². The topological polar surface area (TPSA) is 35.6 Å². The Morgan fingerprint density at radius 2 is 1.95 bits per heavy atom. The van der Waals surface area contributed by atoms with Crippen LogP contribution in [0.2, 0.25) is 0 Å². The normalized spacial score (nSPS) is 24.3. The SMILES string of the molecule is CCC1NC(C(C)C)N(CCCN(C)C(C)C)C1=O. The number of amides is 1.